The average Bonchev–Trinajstić information content (AvgIpc) is 2.81. The number of H-pyrrole nitrogens is 1. The largest absolute Gasteiger partial charge is 0.484 e. The summed E-state index contributed by atoms with van der Waals surface area (Å²) in [6, 6.07) is 9.56. The number of hydrogen-bond acceptors (Lipinski definition) is 3. The molecule has 0 atom stereocenters. The second-order valence-corrected chi connectivity index (χ2v) is 6.05. The number of carbonyl (C=O) groups excluding carboxylic acids is 1. The minimum absolute atomic E-state index is 0.0409. The van der Waals surface area contributed by atoms with Crippen LogP contribution in [0.1, 0.15) is 32.0 Å². The van der Waals surface area contributed by atoms with Gasteiger partial charge in [-0.2, -0.15) is 5.10 Å². The van der Waals surface area contributed by atoms with Crippen molar-refractivity contribution < 1.29 is 9.53 Å². The van der Waals surface area contributed by atoms with E-state index in [1.165, 1.54) is 5.56 Å². The molecule has 0 aliphatic heterocycles. The molecule has 0 spiro atoms. The predicted octanol–water partition coefficient (Wildman–Crippen LogP) is 3.03. The quantitative estimate of drug-likeness (QED) is 0.908. The molecular weight excluding hydrogens is 266 g/mol. The smallest absolute Gasteiger partial charge is 0.263 e. The highest BCUT2D eigenvalue weighted by atomic mass is 16.5. The minimum Gasteiger partial charge on any atom is -0.484 e. The summed E-state index contributed by atoms with van der Waals surface area (Å²) in [5, 5.41) is 9.36. The molecule has 2 rings (SSSR count). The molecule has 2 aromatic rings. The van der Waals surface area contributed by atoms with E-state index in [0.717, 1.165) is 5.69 Å². The molecule has 21 heavy (non-hydrogen) atoms. The van der Waals surface area contributed by atoms with Crippen molar-refractivity contribution in [2.75, 3.05) is 11.9 Å². The number of aromatic amines is 1. The summed E-state index contributed by atoms with van der Waals surface area (Å²) in [5.41, 5.74) is 2.23. The van der Waals surface area contributed by atoms with E-state index >= 15 is 0 Å². The van der Waals surface area contributed by atoms with E-state index < -0.39 is 0 Å². The molecule has 0 saturated carbocycles. The number of carbonyl (C=O) groups is 1. The van der Waals surface area contributed by atoms with Crippen molar-refractivity contribution in [2.24, 2.45) is 0 Å². The summed E-state index contributed by atoms with van der Waals surface area (Å²) >= 11 is 0. The Morgan fingerprint density at radius 1 is 1.29 bits per heavy atom. The maximum atomic E-state index is 11.7. The zero-order chi connectivity index (χ0) is 15.5. The van der Waals surface area contributed by atoms with Crippen molar-refractivity contribution in [2.45, 2.75) is 33.1 Å². The lowest BCUT2D eigenvalue weighted by Crippen LogP contribution is -2.20. The van der Waals surface area contributed by atoms with Gasteiger partial charge in [0.1, 0.15) is 5.75 Å². The standard InChI is InChI=1S/C16H21N3O2/c1-11-9-14(19-18-11)17-15(20)10-21-13-7-5-12(6-8-13)16(2,3)4/h5-9H,10H2,1-4H3,(H2,17,18,19,20). The van der Waals surface area contributed by atoms with Crippen LogP contribution in [0.2, 0.25) is 0 Å². The van der Waals surface area contributed by atoms with Crippen molar-refractivity contribution in [1.29, 1.82) is 0 Å². The number of aryl methyl sites for hydroxylation is 1. The average molecular weight is 287 g/mol. The van der Waals surface area contributed by atoms with E-state index in [0.29, 0.717) is 11.6 Å². The molecule has 1 heterocycles. The number of ether oxygens (including phenoxy) is 1. The SMILES string of the molecule is Cc1cc(NC(=O)COc2ccc(C(C)(C)C)cc2)n[nH]1. The van der Waals surface area contributed by atoms with Crippen LogP contribution in [0.3, 0.4) is 0 Å². The van der Waals surface area contributed by atoms with E-state index in [2.05, 4.69) is 36.3 Å². The van der Waals surface area contributed by atoms with Gasteiger partial charge in [-0.25, -0.2) is 0 Å². The molecule has 0 saturated heterocycles. The third-order valence-electron chi connectivity index (χ3n) is 3.06. The van der Waals surface area contributed by atoms with Crippen LogP contribution in [0.25, 0.3) is 0 Å². The first-order valence-electron chi connectivity index (χ1n) is 6.90. The molecule has 1 aromatic heterocycles. The van der Waals surface area contributed by atoms with Crippen LogP contribution in [-0.2, 0) is 10.2 Å². The zero-order valence-corrected chi connectivity index (χ0v) is 12.9. The molecule has 5 heteroatoms. The number of anilines is 1. The first-order valence-corrected chi connectivity index (χ1v) is 6.90. The number of aromatic nitrogens is 2. The molecule has 5 nitrogen and oxygen atoms in total. The lowest BCUT2D eigenvalue weighted by atomic mass is 9.87. The molecule has 0 radical (unpaired) electrons. The van der Waals surface area contributed by atoms with E-state index in [-0.39, 0.29) is 17.9 Å². The first kappa shape index (κ1) is 15.1. The van der Waals surface area contributed by atoms with Gasteiger partial charge in [-0.1, -0.05) is 32.9 Å². The van der Waals surface area contributed by atoms with Crippen molar-refractivity contribution in [3.05, 3.63) is 41.6 Å². The Kier molecular flexibility index (Phi) is 4.31. The van der Waals surface area contributed by atoms with Gasteiger partial charge in [-0.15, -0.1) is 0 Å². The second kappa shape index (κ2) is 5.99. The number of nitrogens with zero attached hydrogens (tertiary/aromatic N) is 1. The fraction of sp³-hybridized carbons (Fsp3) is 0.375. The Labute approximate surface area is 124 Å². The molecule has 0 fully saturated rings. The number of benzene rings is 1. The highest BCUT2D eigenvalue weighted by Gasteiger charge is 2.13. The Bertz CT molecular complexity index is 609. The van der Waals surface area contributed by atoms with Gasteiger partial charge in [-0.3, -0.25) is 9.89 Å². The van der Waals surface area contributed by atoms with E-state index in [4.69, 9.17) is 4.74 Å². The molecule has 2 N–H and O–H groups in total. The topological polar surface area (TPSA) is 67.0 Å². The first-order chi connectivity index (χ1) is 9.84. The summed E-state index contributed by atoms with van der Waals surface area (Å²) < 4.78 is 5.46. The zero-order valence-electron chi connectivity index (χ0n) is 12.9. The van der Waals surface area contributed by atoms with Crippen LogP contribution >= 0.6 is 0 Å². The van der Waals surface area contributed by atoms with Gasteiger partial charge < -0.3 is 10.1 Å². The van der Waals surface area contributed by atoms with Crippen LogP contribution in [0.5, 0.6) is 5.75 Å². The van der Waals surface area contributed by atoms with E-state index in [1.807, 2.05) is 31.2 Å². The molecule has 0 aliphatic carbocycles. The molecule has 0 aliphatic rings. The van der Waals surface area contributed by atoms with Gasteiger partial charge in [0.05, 0.1) is 0 Å². The van der Waals surface area contributed by atoms with Crippen LogP contribution in [0, 0.1) is 6.92 Å². The number of amides is 1. The highest BCUT2D eigenvalue weighted by molar-refractivity contribution is 5.90. The minimum atomic E-state index is -0.235. The van der Waals surface area contributed by atoms with Crippen LogP contribution in [0.15, 0.2) is 30.3 Å². The second-order valence-electron chi connectivity index (χ2n) is 6.05. The third-order valence-corrected chi connectivity index (χ3v) is 3.06. The fourth-order valence-electron chi connectivity index (χ4n) is 1.86. The van der Waals surface area contributed by atoms with Gasteiger partial charge in [0.25, 0.3) is 5.91 Å². The van der Waals surface area contributed by atoms with Crippen LogP contribution < -0.4 is 10.1 Å². The Morgan fingerprint density at radius 3 is 2.48 bits per heavy atom. The van der Waals surface area contributed by atoms with Gasteiger partial charge >= 0.3 is 0 Å². The molecule has 1 aromatic carbocycles. The molecular formula is C16H21N3O2. The summed E-state index contributed by atoms with van der Waals surface area (Å²) in [7, 11) is 0. The number of nitrogens with one attached hydrogen (secondary N) is 2. The highest BCUT2D eigenvalue weighted by Crippen LogP contribution is 2.24. The molecule has 0 bridgehead atoms. The Balaban J connectivity index is 1.86. The van der Waals surface area contributed by atoms with Crippen LogP contribution in [-0.4, -0.2) is 22.7 Å². The van der Waals surface area contributed by atoms with Crippen molar-refractivity contribution >= 4 is 11.7 Å². The monoisotopic (exact) mass is 287 g/mol. The molecule has 1 amide bonds. The van der Waals surface area contributed by atoms with E-state index in [9.17, 15) is 4.79 Å². The Hall–Kier alpha value is -2.30. The van der Waals surface area contributed by atoms with Crippen molar-refractivity contribution in [3.8, 4) is 5.75 Å². The number of hydrogen-bond donors (Lipinski definition) is 2. The maximum absolute atomic E-state index is 11.7. The van der Waals surface area contributed by atoms with E-state index in [1.54, 1.807) is 6.07 Å². The van der Waals surface area contributed by atoms with Gasteiger partial charge in [0.2, 0.25) is 0 Å². The summed E-state index contributed by atoms with van der Waals surface area (Å²) in [5.74, 6) is 0.946. The summed E-state index contributed by atoms with van der Waals surface area (Å²) in [6.45, 7) is 8.29. The predicted molar refractivity (Wildman–Crippen MR) is 82.6 cm³/mol. The normalized spacial score (nSPS) is 11.2. The van der Waals surface area contributed by atoms with Crippen molar-refractivity contribution in [1.82, 2.24) is 10.2 Å². The van der Waals surface area contributed by atoms with Gasteiger partial charge in [0, 0.05) is 11.8 Å². The van der Waals surface area contributed by atoms with Crippen molar-refractivity contribution in [3.63, 3.8) is 0 Å². The van der Waals surface area contributed by atoms with Gasteiger partial charge in [-0.05, 0) is 30.0 Å². The lowest BCUT2D eigenvalue weighted by Gasteiger charge is -2.19. The van der Waals surface area contributed by atoms with Gasteiger partial charge in [0.15, 0.2) is 12.4 Å². The fourth-order valence-corrected chi connectivity index (χ4v) is 1.86. The Morgan fingerprint density at radius 2 is 1.95 bits per heavy atom. The summed E-state index contributed by atoms with van der Waals surface area (Å²) in [6.07, 6.45) is 0. The lowest BCUT2D eigenvalue weighted by molar-refractivity contribution is -0.118. The number of rotatable bonds is 4. The molecule has 0 unspecified atom stereocenters. The molecule has 112 valence electrons. The third kappa shape index (κ3) is 4.34. The van der Waals surface area contributed by atoms with Crippen LogP contribution in [0.4, 0.5) is 5.82 Å². The summed E-state index contributed by atoms with van der Waals surface area (Å²) in [4.78, 5) is 11.7. The maximum Gasteiger partial charge on any atom is 0.263 e.